The number of amides is 1. The molecule has 3 rings (SSSR count). The Morgan fingerprint density at radius 2 is 1.71 bits per heavy atom. The van der Waals surface area contributed by atoms with Crippen molar-refractivity contribution in [1.82, 2.24) is 15.2 Å². The predicted octanol–water partition coefficient (Wildman–Crippen LogP) is 4.77. The number of carbonyl (C=O) groups excluding carboxylic acids is 1. The Bertz CT molecular complexity index is 1150. The summed E-state index contributed by atoms with van der Waals surface area (Å²) in [6.07, 6.45) is -18.8. The average Bonchev–Trinajstić information content (AvgIpc) is 3.19. The van der Waals surface area contributed by atoms with E-state index in [1.165, 1.54) is 5.32 Å². The third-order valence-corrected chi connectivity index (χ3v) is 5.08. The van der Waals surface area contributed by atoms with Crippen LogP contribution in [0.3, 0.4) is 0 Å². The number of aromatic nitrogens is 3. The molecule has 2 aromatic heterocycles. The number of Topliss-reactive ketones (excluding diaryl/α,β-unsaturated/α-hetero) is 1. The molecule has 0 radical (unpaired) electrons. The number of carbonyl (C=O) groups is 2. The minimum Gasteiger partial charge on any atom is -0.465 e. The van der Waals surface area contributed by atoms with Crippen molar-refractivity contribution in [2.24, 2.45) is 0 Å². The van der Waals surface area contributed by atoms with Gasteiger partial charge in [0.05, 0.1) is 11.3 Å². The highest BCUT2D eigenvalue weighted by Gasteiger charge is 2.59. The monoisotopic (exact) mass is 518 g/mol. The maximum absolute atomic E-state index is 14.2. The minimum absolute atomic E-state index is 0.129. The first-order chi connectivity index (χ1) is 15.9. The standard InChI is InChI=1S/C18H14F8N4O5/c19-15(20)3-1-2-9(31)10-7(17(21,22)23)6-8(27-14(32)33)11(28-10)12-29-30-13(35-12)16(34,5-4-15)18(24,25)26/h6,27,34H,1-5H2,(H,32,33). The number of nitrogens with one attached hydrogen (secondary N) is 1. The van der Waals surface area contributed by atoms with E-state index in [4.69, 9.17) is 9.52 Å². The largest absolute Gasteiger partial charge is 0.465 e. The van der Waals surface area contributed by atoms with Crippen molar-refractivity contribution in [2.45, 2.75) is 56.0 Å². The number of carboxylic acid groups (broad SMARTS) is 1. The van der Waals surface area contributed by atoms with E-state index in [1.54, 1.807) is 0 Å². The summed E-state index contributed by atoms with van der Waals surface area (Å²) in [5.74, 6) is -7.94. The van der Waals surface area contributed by atoms with E-state index in [-0.39, 0.29) is 6.07 Å². The van der Waals surface area contributed by atoms with Gasteiger partial charge in [0.1, 0.15) is 5.69 Å². The van der Waals surface area contributed by atoms with Crippen molar-refractivity contribution >= 4 is 17.6 Å². The Kier molecular flexibility index (Phi) is 6.51. The average molecular weight is 518 g/mol. The summed E-state index contributed by atoms with van der Waals surface area (Å²) in [7, 11) is 0. The molecule has 2 aromatic rings. The number of halogens is 8. The number of rotatable bonds is 1. The van der Waals surface area contributed by atoms with Gasteiger partial charge in [0, 0.05) is 19.3 Å². The molecule has 192 valence electrons. The highest BCUT2D eigenvalue weighted by Crippen LogP contribution is 2.45. The smallest absolute Gasteiger partial charge is 0.426 e. The van der Waals surface area contributed by atoms with Crippen LogP contribution in [0.2, 0.25) is 0 Å². The van der Waals surface area contributed by atoms with Gasteiger partial charge < -0.3 is 14.6 Å². The Morgan fingerprint density at radius 1 is 1.06 bits per heavy atom. The Balaban J connectivity index is 2.30. The lowest BCUT2D eigenvalue weighted by Crippen LogP contribution is -2.43. The van der Waals surface area contributed by atoms with Crippen molar-refractivity contribution in [1.29, 1.82) is 0 Å². The molecule has 0 saturated carbocycles. The van der Waals surface area contributed by atoms with Gasteiger partial charge in [-0.3, -0.25) is 10.1 Å². The van der Waals surface area contributed by atoms with Gasteiger partial charge in [-0.25, -0.2) is 18.6 Å². The summed E-state index contributed by atoms with van der Waals surface area (Å²) in [5, 5.41) is 26.8. The summed E-state index contributed by atoms with van der Waals surface area (Å²) in [4.78, 5) is 26.9. The van der Waals surface area contributed by atoms with Crippen LogP contribution < -0.4 is 5.32 Å². The molecule has 1 aliphatic heterocycles. The van der Waals surface area contributed by atoms with Crippen LogP contribution >= 0.6 is 0 Å². The van der Waals surface area contributed by atoms with Gasteiger partial charge in [0.15, 0.2) is 11.5 Å². The number of alkyl halides is 8. The number of nitrogens with zero attached hydrogens (tertiary/aromatic N) is 3. The number of ketones is 1. The van der Waals surface area contributed by atoms with E-state index in [1.807, 2.05) is 0 Å². The molecule has 0 fully saturated rings. The second kappa shape index (κ2) is 8.69. The van der Waals surface area contributed by atoms with E-state index in [0.717, 1.165) is 0 Å². The molecule has 3 heterocycles. The van der Waals surface area contributed by atoms with Gasteiger partial charge in [-0.1, -0.05) is 0 Å². The summed E-state index contributed by atoms with van der Waals surface area (Å²) < 4.78 is 115. The third-order valence-electron chi connectivity index (χ3n) is 5.08. The van der Waals surface area contributed by atoms with Crippen molar-refractivity contribution < 1.29 is 59.3 Å². The quantitative estimate of drug-likeness (QED) is 0.459. The van der Waals surface area contributed by atoms with Gasteiger partial charge in [-0.15, -0.1) is 10.2 Å². The second-order valence-corrected chi connectivity index (χ2v) is 7.61. The van der Waals surface area contributed by atoms with Gasteiger partial charge in [-0.05, 0) is 18.9 Å². The Labute approximate surface area is 189 Å². The molecule has 0 spiro atoms. The second-order valence-electron chi connectivity index (χ2n) is 7.61. The first kappa shape index (κ1) is 26.2. The van der Waals surface area contributed by atoms with Gasteiger partial charge in [-0.2, -0.15) is 26.3 Å². The first-order valence-electron chi connectivity index (χ1n) is 9.61. The maximum atomic E-state index is 14.2. The summed E-state index contributed by atoms with van der Waals surface area (Å²) in [6.45, 7) is 0. The SMILES string of the molecule is O=C(O)Nc1cc(C(F)(F)F)c2nc1-c1nnc(o1)C(O)(C(F)(F)F)CCC(F)(F)CCCC2=O. The molecule has 3 N–H and O–H groups in total. The Morgan fingerprint density at radius 3 is 2.29 bits per heavy atom. The summed E-state index contributed by atoms with van der Waals surface area (Å²) >= 11 is 0. The zero-order valence-corrected chi connectivity index (χ0v) is 17.1. The fourth-order valence-electron chi connectivity index (χ4n) is 3.29. The van der Waals surface area contributed by atoms with Crippen molar-refractivity contribution in [3.8, 4) is 11.6 Å². The molecule has 0 aliphatic carbocycles. The van der Waals surface area contributed by atoms with Crippen LogP contribution in [-0.4, -0.2) is 49.4 Å². The molecular weight excluding hydrogens is 504 g/mol. The summed E-state index contributed by atoms with van der Waals surface area (Å²) in [5.41, 5.74) is -9.06. The van der Waals surface area contributed by atoms with Crippen LogP contribution in [0.25, 0.3) is 11.6 Å². The van der Waals surface area contributed by atoms with Gasteiger partial charge in [0.25, 0.3) is 11.8 Å². The highest BCUT2D eigenvalue weighted by atomic mass is 19.4. The highest BCUT2D eigenvalue weighted by molar-refractivity contribution is 5.98. The maximum Gasteiger partial charge on any atom is 0.426 e. The number of hydrogen-bond donors (Lipinski definition) is 3. The topological polar surface area (TPSA) is 138 Å². The third kappa shape index (κ3) is 5.33. The normalized spacial score (nSPS) is 21.3. The van der Waals surface area contributed by atoms with Crippen molar-refractivity contribution in [2.75, 3.05) is 5.32 Å². The van der Waals surface area contributed by atoms with Crippen molar-refractivity contribution in [3.63, 3.8) is 0 Å². The lowest BCUT2D eigenvalue weighted by Gasteiger charge is -2.28. The lowest BCUT2D eigenvalue weighted by molar-refractivity contribution is -0.280. The number of hydrogen-bond acceptors (Lipinski definition) is 7. The van der Waals surface area contributed by atoms with E-state index in [0.29, 0.717) is 0 Å². The molecule has 1 aliphatic rings. The lowest BCUT2D eigenvalue weighted by atomic mass is 9.92. The minimum atomic E-state index is -5.60. The van der Waals surface area contributed by atoms with Crippen LogP contribution in [0.1, 0.15) is 54.0 Å². The molecule has 35 heavy (non-hydrogen) atoms. The molecule has 9 nitrogen and oxygen atoms in total. The fraction of sp³-hybridized carbons (Fsp3) is 0.500. The van der Waals surface area contributed by atoms with Crippen LogP contribution in [0.5, 0.6) is 0 Å². The van der Waals surface area contributed by atoms with E-state index < -0.39 is 102 Å². The zero-order chi connectivity index (χ0) is 26.4. The van der Waals surface area contributed by atoms with Gasteiger partial charge >= 0.3 is 18.4 Å². The molecule has 1 amide bonds. The predicted molar refractivity (Wildman–Crippen MR) is 96.5 cm³/mol. The van der Waals surface area contributed by atoms with Crippen LogP contribution in [0, 0.1) is 0 Å². The molecule has 1 atom stereocenters. The molecule has 0 aromatic carbocycles. The number of anilines is 1. The van der Waals surface area contributed by atoms with E-state index in [2.05, 4.69) is 15.2 Å². The number of aliphatic hydroxyl groups is 1. The molecule has 0 saturated heterocycles. The zero-order valence-electron chi connectivity index (χ0n) is 17.1. The Hall–Kier alpha value is -3.37. The summed E-state index contributed by atoms with van der Waals surface area (Å²) in [6, 6.07) is 0.129. The first-order valence-corrected chi connectivity index (χ1v) is 9.61. The van der Waals surface area contributed by atoms with E-state index in [9.17, 15) is 49.8 Å². The number of fused-ring (bicyclic) bond motifs is 5. The van der Waals surface area contributed by atoms with Crippen molar-refractivity contribution in [3.05, 3.63) is 23.2 Å². The molecule has 4 bridgehead atoms. The van der Waals surface area contributed by atoms with Crippen LogP contribution in [-0.2, 0) is 11.8 Å². The molecular formula is C18H14F8N4O5. The molecule has 17 heteroatoms. The van der Waals surface area contributed by atoms with E-state index >= 15 is 0 Å². The molecule has 1 unspecified atom stereocenters. The van der Waals surface area contributed by atoms with Gasteiger partial charge in [0.2, 0.25) is 11.5 Å². The fourth-order valence-corrected chi connectivity index (χ4v) is 3.29. The van der Waals surface area contributed by atoms with Crippen LogP contribution in [0.15, 0.2) is 10.5 Å². The van der Waals surface area contributed by atoms with Crippen LogP contribution in [0.4, 0.5) is 45.6 Å². The number of pyridine rings is 1.